The second-order valence-corrected chi connectivity index (χ2v) is 6.79. The molecule has 28 heavy (non-hydrogen) atoms. The van der Waals surface area contributed by atoms with Gasteiger partial charge >= 0.3 is 0 Å². The maximum atomic E-state index is 12.8. The number of methoxy groups -OCH3 is 2. The van der Waals surface area contributed by atoms with Crippen molar-refractivity contribution >= 4 is 17.5 Å². The summed E-state index contributed by atoms with van der Waals surface area (Å²) in [6.45, 7) is 3.10. The Morgan fingerprint density at radius 1 is 1.07 bits per heavy atom. The Labute approximate surface area is 165 Å². The Morgan fingerprint density at radius 3 is 2.50 bits per heavy atom. The van der Waals surface area contributed by atoms with Crippen LogP contribution in [0.25, 0.3) is 0 Å². The highest BCUT2D eigenvalue weighted by atomic mass is 16.5. The number of rotatable bonds is 6. The molecule has 0 atom stereocenters. The number of anilines is 1. The Hall–Kier alpha value is -3.02. The van der Waals surface area contributed by atoms with Gasteiger partial charge in [-0.3, -0.25) is 9.59 Å². The maximum Gasteiger partial charge on any atom is 0.224 e. The lowest BCUT2D eigenvalue weighted by Crippen LogP contribution is -2.39. The van der Waals surface area contributed by atoms with Crippen molar-refractivity contribution in [3.63, 3.8) is 0 Å². The summed E-state index contributed by atoms with van der Waals surface area (Å²) in [7, 11) is 3.13. The third kappa shape index (κ3) is 4.27. The number of hydrogen-bond donors (Lipinski definition) is 0. The van der Waals surface area contributed by atoms with Crippen LogP contribution in [0.1, 0.15) is 24.5 Å². The van der Waals surface area contributed by atoms with Crippen molar-refractivity contribution in [3.05, 3.63) is 53.6 Å². The first-order chi connectivity index (χ1) is 13.5. The van der Waals surface area contributed by atoms with Gasteiger partial charge in [-0.2, -0.15) is 0 Å². The van der Waals surface area contributed by atoms with Crippen molar-refractivity contribution in [3.8, 4) is 11.5 Å². The van der Waals surface area contributed by atoms with Crippen LogP contribution in [0, 0.1) is 0 Å². The first-order valence-electron chi connectivity index (χ1n) is 9.38. The third-order valence-electron chi connectivity index (χ3n) is 5.09. The molecular weight excluding hydrogens is 356 g/mol. The Morgan fingerprint density at radius 2 is 1.82 bits per heavy atom. The minimum atomic E-state index is -0.150. The van der Waals surface area contributed by atoms with Gasteiger partial charge in [-0.15, -0.1) is 0 Å². The van der Waals surface area contributed by atoms with Crippen LogP contribution in [0.2, 0.25) is 0 Å². The topological polar surface area (TPSA) is 59.1 Å². The summed E-state index contributed by atoms with van der Waals surface area (Å²) in [6, 6.07) is 13.5. The molecule has 0 saturated heterocycles. The summed E-state index contributed by atoms with van der Waals surface area (Å²) in [5.41, 5.74) is 3.10. The molecular formula is C22H26N2O4. The van der Waals surface area contributed by atoms with Crippen LogP contribution in [-0.4, -0.2) is 44.0 Å². The number of carbonyl (C=O) groups excluding carboxylic acids is 2. The minimum Gasteiger partial charge on any atom is -0.497 e. The highest BCUT2D eigenvalue weighted by Crippen LogP contribution is 2.32. The molecule has 148 valence electrons. The van der Waals surface area contributed by atoms with Gasteiger partial charge in [0.2, 0.25) is 11.8 Å². The maximum absolute atomic E-state index is 12.8. The lowest BCUT2D eigenvalue weighted by atomic mass is 10.00. The average molecular weight is 382 g/mol. The van der Waals surface area contributed by atoms with Crippen molar-refractivity contribution in [1.29, 1.82) is 0 Å². The molecule has 2 aromatic carbocycles. The van der Waals surface area contributed by atoms with E-state index >= 15 is 0 Å². The average Bonchev–Trinajstić information content (AvgIpc) is 2.73. The SMILES string of the molecule is COc1ccc(OC)c(N(CCC(=O)N2CCc3ccccc3C2)C(C)=O)c1. The zero-order valence-corrected chi connectivity index (χ0v) is 16.6. The molecule has 2 aromatic rings. The van der Waals surface area contributed by atoms with E-state index in [0.717, 1.165) is 6.42 Å². The molecule has 0 aromatic heterocycles. The van der Waals surface area contributed by atoms with E-state index in [2.05, 4.69) is 12.1 Å². The molecule has 1 aliphatic rings. The smallest absolute Gasteiger partial charge is 0.224 e. The largest absolute Gasteiger partial charge is 0.497 e. The van der Waals surface area contributed by atoms with E-state index in [1.165, 1.54) is 18.1 Å². The zero-order chi connectivity index (χ0) is 20.1. The molecule has 6 nitrogen and oxygen atoms in total. The van der Waals surface area contributed by atoms with Crippen molar-refractivity contribution in [1.82, 2.24) is 4.90 Å². The number of amides is 2. The Bertz CT molecular complexity index is 865. The van der Waals surface area contributed by atoms with E-state index in [0.29, 0.717) is 30.3 Å². The predicted molar refractivity (Wildman–Crippen MR) is 108 cm³/mol. The normalized spacial score (nSPS) is 12.9. The number of benzene rings is 2. The fourth-order valence-corrected chi connectivity index (χ4v) is 3.53. The molecule has 0 unspecified atom stereocenters. The summed E-state index contributed by atoms with van der Waals surface area (Å²) >= 11 is 0. The van der Waals surface area contributed by atoms with Gasteiger partial charge in [-0.25, -0.2) is 0 Å². The predicted octanol–water partition coefficient (Wildman–Crippen LogP) is 3.03. The van der Waals surface area contributed by atoms with Gasteiger partial charge in [-0.05, 0) is 29.7 Å². The molecule has 1 aliphatic heterocycles. The molecule has 6 heteroatoms. The number of hydrogen-bond acceptors (Lipinski definition) is 4. The standard InChI is InChI=1S/C22H26N2O4/c1-16(25)24(20-14-19(27-2)8-9-21(20)28-3)13-11-22(26)23-12-10-17-6-4-5-7-18(17)15-23/h4-9,14H,10-13,15H2,1-3H3. The van der Waals surface area contributed by atoms with Crippen LogP contribution in [0.3, 0.4) is 0 Å². The van der Waals surface area contributed by atoms with Crippen LogP contribution in [0.4, 0.5) is 5.69 Å². The van der Waals surface area contributed by atoms with E-state index in [-0.39, 0.29) is 24.8 Å². The first-order valence-corrected chi connectivity index (χ1v) is 9.38. The molecule has 1 heterocycles. The van der Waals surface area contributed by atoms with Crippen LogP contribution < -0.4 is 14.4 Å². The molecule has 3 rings (SSSR count). The Kier molecular flexibility index (Phi) is 6.19. The van der Waals surface area contributed by atoms with Crippen LogP contribution in [-0.2, 0) is 22.6 Å². The van der Waals surface area contributed by atoms with E-state index in [9.17, 15) is 9.59 Å². The Balaban J connectivity index is 1.71. The molecule has 0 N–H and O–H groups in total. The van der Waals surface area contributed by atoms with Gasteiger partial charge in [0.05, 0.1) is 19.9 Å². The summed E-state index contributed by atoms with van der Waals surface area (Å²) in [4.78, 5) is 28.5. The van der Waals surface area contributed by atoms with Gasteiger partial charge in [0.25, 0.3) is 0 Å². The van der Waals surface area contributed by atoms with Crippen LogP contribution in [0.15, 0.2) is 42.5 Å². The van der Waals surface area contributed by atoms with E-state index in [4.69, 9.17) is 9.47 Å². The van der Waals surface area contributed by atoms with Gasteiger partial charge in [-0.1, -0.05) is 24.3 Å². The van der Waals surface area contributed by atoms with Gasteiger partial charge < -0.3 is 19.3 Å². The number of carbonyl (C=O) groups is 2. The van der Waals surface area contributed by atoms with Crippen molar-refractivity contribution in [2.24, 2.45) is 0 Å². The summed E-state index contributed by atoms with van der Waals surface area (Å²) < 4.78 is 10.7. The summed E-state index contributed by atoms with van der Waals surface area (Å²) in [5, 5.41) is 0. The molecule has 0 saturated carbocycles. The van der Waals surface area contributed by atoms with Gasteiger partial charge in [0.1, 0.15) is 11.5 Å². The van der Waals surface area contributed by atoms with Crippen LogP contribution in [0.5, 0.6) is 11.5 Å². The molecule has 0 radical (unpaired) electrons. The quantitative estimate of drug-likeness (QED) is 0.771. The zero-order valence-electron chi connectivity index (χ0n) is 16.6. The van der Waals surface area contributed by atoms with Crippen LogP contribution >= 0.6 is 0 Å². The van der Waals surface area contributed by atoms with E-state index in [1.807, 2.05) is 17.0 Å². The van der Waals surface area contributed by atoms with Crippen molar-refractivity contribution in [2.45, 2.75) is 26.3 Å². The molecule has 0 bridgehead atoms. The van der Waals surface area contributed by atoms with Crippen molar-refractivity contribution in [2.75, 3.05) is 32.2 Å². The van der Waals surface area contributed by atoms with Crippen molar-refractivity contribution < 1.29 is 19.1 Å². The number of fused-ring (bicyclic) bond motifs is 1. The molecule has 0 spiro atoms. The lowest BCUT2D eigenvalue weighted by molar-refractivity contribution is -0.131. The molecule has 0 aliphatic carbocycles. The lowest BCUT2D eigenvalue weighted by Gasteiger charge is -2.30. The summed E-state index contributed by atoms with van der Waals surface area (Å²) in [5.74, 6) is 1.09. The summed E-state index contributed by atoms with van der Waals surface area (Å²) in [6.07, 6.45) is 1.12. The highest BCUT2D eigenvalue weighted by Gasteiger charge is 2.23. The monoisotopic (exact) mass is 382 g/mol. The highest BCUT2D eigenvalue weighted by molar-refractivity contribution is 5.94. The first kappa shape index (κ1) is 19.7. The van der Waals surface area contributed by atoms with Gasteiger partial charge in [0, 0.05) is 39.0 Å². The number of nitrogens with zero attached hydrogens (tertiary/aromatic N) is 2. The van der Waals surface area contributed by atoms with E-state index in [1.54, 1.807) is 37.3 Å². The second kappa shape index (κ2) is 8.78. The van der Waals surface area contributed by atoms with E-state index < -0.39 is 0 Å². The van der Waals surface area contributed by atoms with Gasteiger partial charge in [0.15, 0.2) is 0 Å². The molecule has 2 amide bonds. The number of ether oxygens (including phenoxy) is 2. The fourth-order valence-electron chi connectivity index (χ4n) is 3.53. The fraction of sp³-hybridized carbons (Fsp3) is 0.364. The third-order valence-corrected chi connectivity index (χ3v) is 5.09. The molecule has 0 fully saturated rings. The minimum absolute atomic E-state index is 0.0441. The second-order valence-electron chi connectivity index (χ2n) is 6.79.